The van der Waals surface area contributed by atoms with Gasteiger partial charge in [-0.2, -0.15) is 4.98 Å². The van der Waals surface area contributed by atoms with Crippen LogP contribution in [-0.2, 0) is 30.7 Å². The number of amides is 1. The molecule has 2 aliphatic heterocycles. The number of benzene rings is 2. The molecule has 0 radical (unpaired) electrons. The molecule has 3 heterocycles. The molecular weight excluding hydrogens is 390 g/mol. The number of aromatic nitrogens is 2. The minimum atomic E-state index is -0.403. The van der Waals surface area contributed by atoms with Crippen molar-refractivity contribution in [3.8, 4) is 0 Å². The standard InChI is InChI=1S/C24H25N5O2/c1-15-12-18-17(22(25)30)8-5-9-21(18)29(15)24-27-20-10-11-31-14-19(20)23(28-24)26-13-16-6-3-2-4-7-16/h2-9,15H,10-14H2,1H3,(H2,25,30)(H,26,27,28). The fraction of sp³-hybridized carbons (Fsp3) is 0.292. The van der Waals surface area contributed by atoms with Gasteiger partial charge in [0.2, 0.25) is 11.9 Å². The molecule has 7 nitrogen and oxygen atoms in total. The molecule has 0 saturated heterocycles. The van der Waals surface area contributed by atoms with Crippen molar-refractivity contribution in [2.24, 2.45) is 5.73 Å². The largest absolute Gasteiger partial charge is 0.376 e. The highest BCUT2D eigenvalue weighted by atomic mass is 16.5. The summed E-state index contributed by atoms with van der Waals surface area (Å²) in [6, 6.07) is 16.0. The molecule has 0 saturated carbocycles. The molecule has 1 aromatic heterocycles. The molecule has 0 aliphatic carbocycles. The lowest BCUT2D eigenvalue weighted by atomic mass is 10.0. The molecule has 3 N–H and O–H groups in total. The number of rotatable bonds is 5. The van der Waals surface area contributed by atoms with Gasteiger partial charge in [-0.3, -0.25) is 4.79 Å². The van der Waals surface area contributed by atoms with Crippen molar-refractivity contribution in [1.82, 2.24) is 9.97 Å². The molecule has 5 rings (SSSR count). The molecule has 3 aromatic rings. The van der Waals surface area contributed by atoms with Gasteiger partial charge in [0, 0.05) is 35.8 Å². The molecule has 31 heavy (non-hydrogen) atoms. The summed E-state index contributed by atoms with van der Waals surface area (Å²) in [6.45, 7) is 3.94. The van der Waals surface area contributed by atoms with E-state index in [0.29, 0.717) is 31.3 Å². The van der Waals surface area contributed by atoms with E-state index in [2.05, 4.69) is 29.3 Å². The van der Waals surface area contributed by atoms with Gasteiger partial charge in [0.1, 0.15) is 5.82 Å². The first-order valence-corrected chi connectivity index (χ1v) is 10.6. The normalized spacial score (nSPS) is 17.2. The summed E-state index contributed by atoms with van der Waals surface area (Å²) in [5.74, 6) is 1.04. The number of nitrogens with one attached hydrogen (secondary N) is 1. The van der Waals surface area contributed by atoms with Gasteiger partial charge in [0.25, 0.3) is 0 Å². The number of carbonyl (C=O) groups excluding carboxylic acids is 1. The quantitative estimate of drug-likeness (QED) is 0.664. The Morgan fingerprint density at radius 1 is 1.16 bits per heavy atom. The molecule has 158 valence electrons. The number of ether oxygens (including phenoxy) is 1. The summed E-state index contributed by atoms with van der Waals surface area (Å²) in [5, 5.41) is 3.49. The van der Waals surface area contributed by atoms with Crippen LogP contribution in [0.5, 0.6) is 0 Å². The second-order valence-corrected chi connectivity index (χ2v) is 8.03. The van der Waals surface area contributed by atoms with Crippen LogP contribution in [0.25, 0.3) is 0 Å². The average molecular weight is 415 g/mol. The van der Waals surface area contributed by atoms with Crippen LogP contribution in [0, 0.1) is 0 Å². The minimum Gasteiger partial charge on any atom is -0.376 e. The third-order valence-electron chi connectivity index (χ3n) is 5.95. The lowest BCUT2D eigenvalue weighted by Gasteiger charge is -2.26. The van der Waals surface area contributed by atoms with Crippen LogP contribution in [0.3, 0.4) is 0 Å². The second kappa shape index (κ2) is 8.00. The number of fused-ring (bicyclic) bond motifs is 2. The Bertz CT molecular complexity index is 1130. The number of primary amides is 1. The van der Waals surface area contributed by atoms with E-state index in [1.54, 1.807) is 6.07 Å². The van der Waals surface area contributed by atoms with Crippen LogP contribution >= 0.6 is 0 Å². The highest BCUT2D eigenvalue weighted by Gasteiger charge is 2.33. The Hall–Kier alpha value is -3.45. The molecule has 1 amide bonds. The van der Waals surface area contributed by atoms with Crippen molar-refractivity contribution in [2.45, 2.75) is 39.0 Å². The summed E-state index contributed by atoms with van der Waals surface area (Å²) in [5.41, 5.74) is 11.3. The fourth-order valence-corrected chi connectivity index (χ4v) is 4.43. The number of hydrogen-bond donors (Lipinski definition) is 2. The maximum atomic E-state index is 11.9. The van der Waals surface area contributed by atoms with Crippen molar-refractivity contribution in [3.05, 3.63) is 76.5 Å². The van der Waals surface area contributed by atoms with Crippen LogP contribution < -0.4 is 16.0 Å². The zero-order valence-electron chi connectivity index (χ0n) is 17.5. The van der Waals surface area contributed by atoms with Crippen molar-refractivity contribution < 1.29 is 9.53 Å². The Kier molecular flexibility index (Phi) is 5.03. The van der Waals surface area contributed by atoms with Gasteiger partial charge in [-0.1, -0.05) is 36.4 Å². The summed E-state index contributed by atoms with van der Waals surface area (Å²) >= 11 is 0. The van der Waals surface area contributed by atoms with E-state index in [9.17, 15) is 4.79 Å². The molecule has 7 heteroatoms. The third-order valence-corrected chi connectivity index (χ3v) is 5.95. The predicted molar refractivity (Wildman–Crippen MR) is 119 cm³/mol. The van der Waals surface area contributed by atoms with Crippen LogP contribution in [0.2, 0.25) is 0 Å². The van der Waals surface area contributed by atoms with E-state index in [1.807, 2.05) is 30.3 Å². The maximum absolute atomic E-state index is 11.9. The molecule has 0 bridgehead atoms. The summed E-state index contributed by atoms with van der Waals surface area (Å²) in [4.78, 5) is 23.9. The zero-order chi connectivity index (χ0) is 21.4. The number of nitrogens with two attached hydrogens (primary N) is 1. The van der Waals surface area contributed by atoms with E-state index in [-0.39, 0.29) is 6.04 Å². The summed E-state index contributed by atoms with van der Waals surface area (Å²) < 4.78 is 5.69. The number of hydrogen-bond acceptors (Lipinski definition) is 6. The van der Waals surface area contributed by atoms with E-state index < -0.39 is 5.91 Å². The van der Waals surface area contributed by atoms with Crippen molar-refractivity contribution >= 4 is 23.4 Å². The molecular formula is C24H25N5O2. The average Bonchev–Trinajstić information content (AvgIpc) is 3.13. The first-order valence-electron chi connectivity index (χ1n) is 10.6. The molecule has 2 aliphatic rings. The SMILES string of the molecule is CC1Cc2c(C(N)=O)cccc2N1c1nc2c(c(NCc3ccccc3)n1)COCC2. The van der Waals surface area contributed by atoms with Gasteiger partial charge in [-0.05, 0) is 36.6 Å². The number of anilines is 3. The number of nitrogens with zero attached hydrogens (tertiary/aromatic N) is 3. The van der Waals surface area contributed by atoms with E-state index in [0.717, 1.165) is 41.2 Å². The highest BCUT2D eigenvalue weighted by Crippen LogP contribution is 2.39. The Labute approximate surface area is 181 Å². The third kappa shape index (κ3) is 3.61. The first kappa shape index (κ1) is 19.5. The van der Waals surface area contributed by atoms with Gasteiger partial charge in [-0.15, -0.1) is 0 Å². The van der Waals surface area contributed by atoms with Crippen LogP contribution in [0.15, 0.2) is 48.5 Å². The summed E-state index contributed by atoms with van der Waals surface area (Å²) in [6.07, 6.45) is 1.48. The van der Waals surface area contributed by atoms with Gasteiger partial charge in [0.05, 0.1) is 18.9 Å². The second-order valence-electron chi connectivity index (χ2n) is 8.03. The van der Waals surface area contributed by atoms with Crippen LogP contribution in [0.1, 0.15) is 39.7 Å². The minimum absolute atomic E-state index is 0.121. The lowest BCUT2D eigenvalue weighted by Crippen LogP contribution is -2.28. The smallest absolute Gasteiger partial charge is 0.249 e. The van der Waals surface area contributed by atoms with Gasteiger partial charge in [-0.25, -0.2) is 4.98 Å². The van der Waals surface area contributed by atoms with Crippen molar-refractivity contribution in [2.75, 3.05) is 16.8 Å². The monoisotopic (exact) mass is 415 g/mol. The summed E-state index contributed by atoms with van der Waals surface area (Å²) in [7, 11) is 0. The van der Waals surface area contributed by atoms with Crippen LogP contribution in [0.4, 0.5) is 17.5 Å². The van der Waals surface area contributed by atoms with Crippen molar-refractivity contribution in [1.29, 1.82) is 0 Å². The molecule has 1 unspecified atom stereocenters. The Morgan fingerprint density at radius 3 is 2.81 bits per heavy atom. The Balaban J connectivity index is 1.55. The molecule has 0 spiro atoms. The predicted octanol–water partition coefficient (Wildman–Crippen LogP) is 3.34. The van der Waals surface area contributed by atoms with E-state index in [4.69, 9.17) is 20.4 Å². The first-order chi connectivity index (χ1) is 15.1. The Morgan fingerprint density at radius 2 is 2.00 bits per heavy atom. The van der Waals surface area contributed by atoms with Crippen molar-refractivity contribution in [3.63, 3.8) is 0 Å². The zero-order valence-corrected chi connectivity index (χ0v) is 17.5. The fourth-order valence-electron chi connectivity index (χ4n) is 4.43. The van der Waals surface area contributed by atoms with E-state index >= 15 is 0 Å². The number of carbonyl (C=O) groups is 1. The lowest BCUT2D eigenvalue weighted by molar-refractivity contribution is 0.0999. The van der Waals surface area contributed by atoms with E-state index in [1.165, 1.54) is 5.56 Å². The van der Waals surface area contributed by atoms with Crippen LogP contribution in [-0.4, -0.2) is 28.5 Å². The highest BCUT2D eigenvalue weighted by molar-refractivity contribution is 5.97. The van der Waals surface area contributed by atoms with Gasteiger partial charge >= 0.3 is 0 Å². The van der Waals surface area contributed by atoms with Gasteiger partial charge < -0.3 is 20.7 Å². The topological polar surface area (TPSA) is 93.4 Å². The molecule has 0 fully saturated rings. The molecule has 2 aromatic carbocycles. The maximum Gasteiger partial charge on any atom is 0.249 e. The van der Waals surface area contributed by atoms with Gasteiger partial charge in [0.15, 0.2) is 0 Å². The molecule has 1 atom stereocenters.